The highest BCUT2D eigenvalue weighted by Crippen LogP contribution is 2.20. The van der Waals surface area contributed by atoms with Crippen molar-refractivity contribution in [1.82, 2.24) is 0 Å². The first-order valence-electron chi connectivity index (χ1n) is 6.86. The second kappa shape index (κ2) is 5.91. The van der Waals surface area contributed by atoms with Gasteiger partial charge in [0.05, 0.1) is 6.10 Å². The number of aryl methyl sites for hydroxylation is 1. The average Bonchev–Trinajstić information content (AvgIpc) is 2.41. The van der Waals surface area contributed by atoms with Gasteiger partial charge in [0, 0.05) is 11.1 Å². The minimum absolute atomic E-state index is 0.0420. The van der Waals surface area contributed by atoms with E-state index in [1.807, 2.05) is 70.2 Å². The largest absolute Gasteiger partial charge is 0.491 e. The van der Waals surface area contributed by atoms with E-state index in [1.165, 1.54) is 0 Å². The standard InChI is InChI=1S/C18H20O2/c1-12(2)20-16-9-6-8-15(11-16)18(19)17-10-5-7-13(3)14(17)4/h5-12H,1-4H3. The fourth-order valence-electron chi connectivity index (χ4n) is 2.14. The molecule has 20 heavy (non-hydrogen) atoms. The molecule has 0 saturated carbocycles. The molecule has 0 N–H and O–H groups in total. The maximum atomic E-state index is 12.6. The lowest BCUT2D eigenvalue weighted by molar-refractivity contribution is 0.103. The molecule has 0 aromatic heterocycles. The molecule has 2 nitrogen and oxygen atoms in total. The Morgan fingerprint density at radius 3 is 2.45 bits per heavy atom. The summed E-state index contributed by atoms with van der Waals surface area (Å²) in [6.45, 7) is 7.94. The summed E-state index contributed by atoms with van der Waals surface area (Å²) >= 11 is 0. The van der Waals surface area contributed by atoms with Crippen LogP contribution in [0.15, 0.2) is 42.5 Å². The van der Waals surface area contributed by atoms with E-state index in [0.29, 0.717) is 5.56 Å². The fraction of sp³-hybridized carbons (Fsp3) is 0.278. The quantitative estimate of drug-likeness (QED) is 0.772. The molecule has 0 unspecified atom stereocenters. The minimum atomic E-state index is 0.0420. The van der Waals surface area contributed by atoms with Gasteiger partial charge in [-0.25, -0.2) is 0 Å². The van der Waals surface area contributed by atoms with E-state index < -0.39 is 0 Å². The van der Waals surface area contributed by atoms with Crippen LogP contribution >= 0.6 is 0 Å². The normalized spacial score (nSPS) is 10.7. The molecule has 0 saturated heterocycles. The lowest BCUT2D eigenvalue weighted by Gasteiger charge is -2.11. The lowest BCUT2D eigenvalue weighted by Crippen LogP contribution is -2.08. The number of ether oxygens (including phenoxy) is 1. The first-order chi connectivity index (χ1) is 9.49. The number of hydrogen-bond acceptors (Lipinski definition) is 2. The van der Waals surface area contributed by atoms with Crippen LogP contribution in [0.5, 0.6) is 5.75 Å². The van der Waals surface area contributed by atoms with Gasteiger partial charge in [0.15, 0.2) is 5.78 Å². The molecule has 0 spiro atoms. The summed E-state index contributed by atoms with van der Waals surface area (Å²) in [7, 11) is 0. The Bertz CT molecular complexity index is 627. The van der Waals surface area contributed by atoms with Gasteiger partial charge >= 0.3 is 0 Å². The number of carbonyl (C=O) groups excluding carboxylic acids is 1. The molecule has 0 aliphatic rings. The van der Waals surface area contributed by atoms with Crippen LogP contribution < -0.4 is 4.74 Å². The van der Waals surface area contributed by atoms with Crippen LogP contribution in [-0.4, -0.2) is 11.9 Å². The van der Waals surface area contributed by atoms with E-state index >= 15 is 0 Å². The smallest absolute Gasteiger partial charge is 0.193 e. The fourth-order valence-corrected chi connectivity index (χ4v) is 2.14. The van der Waals surface area contributed by atoms with Crippen LogP contribution in [0.2, 0.25) is 0 Å². The average molecular weight is 268 g/mol. The van der Waals surface area contributed by atoms with E-state index in [2.05, 4.69) is 0 Å². The first-order valence-corrected chi connectivity index (χ1v) is 6.86. The van der Waals surface area contributed by atoms with Crippen molar-refractivity contribution in [2.45, 2.75) is 33.8 Å². The van der Waals surface area contributed by atoms with Crippen molar-refractivity contribution >= 4 is 5.78 Å². The molecule has 0 fully saturated rings. The van der Waals surface area contributed by atoms with Gasteiger partial charge in [0.2, 0.25) is 0 Å². The van der Waals surface area contributed by atoms with Crippen LogP contribution in [0.4, 0.5) is 0 Å². The topological polar surface area (TPSA) is 26.3 Å². The van der Waals surface area contributed by atoms with Gasteiger partial charge in [-0.15, -0.1) is 0 Å². The third-order valence-corrected chi connectivity index (χ3v) is 3.32. The maximum absolute atomic E-state index is 12.6. The first kappa shape index (κ1) is 14.3. The summed E-state index contributed by atoms with van der Waals surface area (Å²) in [5.41, 5.74) is 3.58. The number of carbonyl (C=O) groups is 1. The monoisotopic (exact) mass is 268 g/mol. The van der Waals surface area contributed by atoms with Crippen molar-refractivity contribution in [2.75, 3.05) is 0 Å². The number of benzene rings is 2. The molecule has 2 heteroatoms. The van der Waals surface area contributed by atoms with Gasteiger partial charge in [0.25, 0.3) is 0 Å². The molecule has 0 radical (unpaired) electrons. The van der Waals surface area contributed by atoms with E-state index in [1.54, 1.807) is 0 Å². The summed E-state index contributed by atoms with van der Waals surface area (Å²) in [5.74, 6) is 0.775. The zero-order valence-corrected chi connectivity index (χ0v) is 12.4. The molecule has 0 aliphatic carbocycles. The number of rotatable bonds is 4. The van der Waals surface area contributed by atoms with Gasteiger partial charge in [-0.3, -0.25) is 4.79 Å². The van der Waals surface area contributed by atoms with Gasteiger partial charge < -0.3 is 4.74 Å². The van der Waals surface area contributed by atoms with Gasteiger partial charge in [-0.1, -0.05) is 30.3 Å². The molecular weight excluding hydrogens is 248 g/mol. The van der Waals surface area contributed by atoms with E-state index in [0.717, 1.165) is 22.4 Å². The maximum Gasteiger partial charge on any atom is 0.193 e. The molecule has 104 valence electrons. The van der Waals surface area contributed by atoms with Crippen molar-refractivity contribution in [1.29, 1.82) is 0 Å². The third-order valence-electron chi connectivity index (χ3n) is 3.32. The molecule has 0 amide bonds. The second-order valence-electron chi connectivity index (χ2n) is 5.27. The van der Waals surface area contributed by atoms with Crippen LogP contribution in [0, 0.1) is 13.8 Å². The molecule has 0 aliphatic heterocycles. The highest BCUT2D eigenvalue weighted by atomic mass is 16.5. The van der Waals surface area contributed by atoms with Crippen molar-refractivity contribution in [3.05, 3.63) is 64.7 Å². The molecule has 2 aromatic carbocycles. The van der Waals surface area contributed by atoms with Crippen molar-refractivity contribution in [2.24, 2.45) is 0 Å². The molecule has 2 rings (SSSR count). The zero-order valence-electron chi connectivity index (χ0n) is 12.4. The van der Waals surface area contributed by atoms with E-state index in [9.17, 15) is 4.79 Å². The Morgan fingerprint density at radius 2 is 1.75 bits per heavy atom. The molecule has 0 bridgehead atoms. The number of hydrogen-bond donors (Lipinski definition) is 0. The zero-order chi connectivity index (χ0) is 14.7. The Balaban J connectivity index is 2.36. The van der Waals surface area contributed by atoms with Gasteiger partial charge in [0.1, 0.15) is 5.75 Å². The summed E-state index contributed by atoms with van der Waals surface area (Å²) in [6, 6.07) is 13.2. The second-order valence-corrected chi connectivity index (χ2v) is 5.27. The third kappa shape index (κ3) is 3.08. The SMILES string of the molecule is Cc1cccc(C(=O)c2cccc(OC(C)C)c2)c1C. The molecule has 0 atom stereocenters. The Morgan fingerprint density at radius 1 is 1.05 bits per heavy atom. The number of ketones is 1. The van der Waals surface area contributed by atoms with Crippen LogP contribution in [0.3, 0.4) is 0 Å². The predicted molar refractivity (Wildman–Crippen MR) is 81.6 cm³/mol. The van der Waals surface area contributed by atoms with Crippen LogP contribution in [-0.2, 0) is 0 Å². The van der Waals surface area contributed by atoms with E-state index in [-0.39, 0.29) is 11.9 Å². The summed E-state index contributed by atoms with van der Waals surface area (Å²) in [5, 5.41) is 0. The Labute approximate surface area is 120 Å². The Kier molecular flexibility index (Phi) is 4.23. The highest BCUT2D eigenvalue weighted by Gasteiger charge is 2.13. The van der Waals surface area contributed by atoms with Gasteiger partial charge in [-0.2, -0.15) is 0 Å². The van der Waals surface area contributed by atoms with E-state index in [4.69, 9.17) is 4.74 Å². The summed E-state index contributed by atoms with van der Waals surface area (Å²) < 4.78 is 5.64. The minimum Gasteiger partial charge on any atom is -0.491 e. The lowest BCUT2D eigenvalue weighted by atomic mass is 9.96. The van der Waals surface area contributed by atoms with Crippen LogP contribution in [0.1, 0.15) is 40.9 Å². The predicted octanol–water partition coefficient (Wildman–Crippen LogP) is 4.32. The summed E-state index contributed by atoms with van der Waals surface area (Å²) in [4.78, 5) is 12.6. The van der Waals surface area contributed by atoms with Crippen LogP contribution in [0.25, 0.3) is 0 Å². The highest BCUT2D eigenvalue weighted by molar-refractivity contribution is 6.10. The molecular formula is C18H20O2. The molecule has 0 heterocycles. The molecule has 2 aromatic rings. The van der Waals surface area contributed by atoms with Crippen molar-refractivity contribution < 1.29 is 9.53 Å². The van der Waals surface area contributed by atoms with Gasteiger partial charge in [-0.05, 0) is 51.0 Å². The Hall–Kier alpha value is -2.09. The summed E-state index contributed by atoms with van der Waals surface area (Å²) in [6.07, 6.45) is 0.0982. The van der Waals surface area contributed by atoms with Crippen molar-refractivity contribution in [3.63, 3.8) is 0 Å². The van der Waals surface area contributed by atoms with Crippen molar-refractivity contribution in [3.8, 4) is 5.75 Å².